The van der Waals surface area contributed by atoms with Gasteiger partial charge in [-0.2, -0.15) is 4.31 Å². The Morgan fingerprint density at radius 1 is 0.783 bits per heavy atom. The first-order valence-corrected chi connectivity index (χ1v) is 8.92. The van der Waals surface area contributed by atoms with Crippen molar-refractivity contribution in [1.82, 2.24) is 0 Å². The van der Waals surface area contributed by atoms with Gasteiger partial charge in [0.2, 0.25) is 0 Å². The minimum atomic E-state index is -5.06. The molecule has 0 radical (unpaired) electrons. The predicted octanol–water partition coefficient (Wildman–Crippen LogP) is 2.37. The summed E-state index contributed by atoms with van der Waals surface area (Å²) in [6.45, 7) is 0. The third-order valence-corrected chi connectivity index (χ3v) is 4.12. The number of rotatable bonds is 4. The second kappa shape index (κ2) is 8.12. The average molecular weight is 364 g/mol. The molecule has 0 heterocycles. The average Bonchev–Trinajstić information content (AvgIpc) is 2.36. The van der Waals surface area contributed by atoms with Crippen molar-refractivity contribution in [2.24, 2.45) is 0 Å². The Morgan fingerprint density at radius 3 is 1.70 bits per heavy atom. The molecule has 1 atom stereocenters. The lowest BCUT2D eigenvalue weighted by Crippen LogP contribution is -1.95. The molecule has 2 aromatic carbocycles. The van der Waals surface area contributed by atoms with Crippen molar-refractivity contribution >= 4 is 15.6 Å². The molecule has 2 rings (SSSR count). The fraction of sp³-hybridized carbons (Fsp3) is 0. The van der Waals surface area contributed by atoms with Gasteiger partial charge in [0.15, 0.2) is 0 Å². The quantitative estimate of drug-likeness (QED) is 0.514. The van der Waals surface area contributed by atoms with E-state index in [0.717, 1.165) is 0 Å². The maximum Gasteiger partial charge on any atom is 0.536 e. The number of phenolic OH excluding ortho intramolecular Hbond substituents is 2. The van der Waals surface area contributed by atoms with Gasteiger partial charge in [0.1, 0.15) is 17.2 Å². The second-order valence-corrected chi connectivity index (χ2v) is 6.72. The van der Waals surface area contributed by atoms with Crippen molar-refractivity contribution in [1.29, 1.82) is 0 Å². The van der Waals surface area contributed by atoms with Gasteiger partial charge in [0, 0.05) is 6.07 Å². The summed E-state index contributed by atoms with van der Waals surface area (Å²) in [6.07, 6.45) is 0. The zero-order valence-electron chi connectivity index (χ0n) is 11.5. The highest BCUT2D eigenvalue weighted by Gasteiger charge is 2.33. The normalized spacial score (nSPS) is 13.3. The summed E-state index contributed by atoms with van der Waals surface area (Å²) in [5.41, 5.74) is 0. The molecule has 0 amide bonds. The van der Waals surface area contributed by atoms with Crippen molar-refractivity contribution in [2.45, 2.75) is 0 Å². The molecule has 23 heavy (non-hydrogen) atoms. The van der Waals surface area contributed by atoms with Crippen LogP contribution in [0.5, 0.6) is 17.2 Å². The molecular weight excluding hydrogens is 350 g/mol. The highest BCUT2D eigenvalue weighted by molar-refractivity contribution is 7.60. The van der Waals surface area contributed by atoms with Crippen LogP contribution in [0.1, 0.15) is 0 Å². The summed E-state index contributed by atoms with van der Waals surface area (Å²) >= 11 is 0. The highest BCUT2D eigenvalue weighted by atomic mass is 31.3. The molecule has 5 N–H and O–H groups in total. The van der Waals surface area contributed by atoms with Crippen LogP contribution in [0.2, 0.25) is 0 Å². The summed E-state index contributed by atoms with van der Waals surface area (Å²) < 4.78 is 29.3. The van der Waals surface area contributed by atoms with Crippen molar-refractivity contribution in [2.75, 3.05) is 0 Å². The maximum atomic E-state index is 11.0. The van der Waals surface area contributed by atoms with Crippen LogP contribution < -0.4 is 4.52 Å². The Labute approximate surface area is 131 Å². The zero-order chi connectivity index (χ0) is 17.5. The van der Waals surface area contributed by atoms with Crippen LogP contribution in [-0.4, -0.2) is 24.9 Å². The first kappa shape index (κ1) is 19.2. The SMILES string of the molecule is O=P(O)(O)OP(=O)(O)Oc1ccccc1.Oc1cccc(O)c1. The van der Waals surface area contributed by atoms with E-state index < -0.39 is 15.6 Å². The number of phosphoric ester groups is 1. The number of para-hydroxylation sites is 1. The van der Waals surface area contributed by atoms with Crippen LogP contribution in [0.25, 0.3) is 0 Å². The Hall–Kier alpha value is -1.86. The van der Waals surface area contributed by atoms with Gasteiger partial charge in [0.05, 0.1) is 0 Å². The molecule has 0 aliphatic heterocycles. The molecule has 1 unspecified atom stereocenters. The molecule has 0 saturated heterocycles. The molecule has 11 heteroatoms. The molecule has 126 valence electrons. The fourth-order valence-electron chi connectivity index (χ4n) is 1.26. The van der Waals surface area contributed by atoms with E-state index in [1.165, 1.54) is 42.5 Å². The van der Waals surface area contributed by atoms with Crippen LogP contribution in [0, 0.1) is 0 Å². The minimum Gasteiger partial charge on any atom is -0.508 e. The number of benzene rings is 2. The first-order chi connectivity index (χ1) is 10.6. The van der Waals surface area contributed by atoms with Crippen LogP contribution in [0.15, 0.2) is 54.6 Å². The predicted molar refractivity (Wildman–Crippen MR) is 79.8 cm³/mol. The Balaban J connectivity index is 0.000000277. The topological polar surface area (TPSA) is 154 Å². The van der Waals surface area contributed by atoms with Crippen molar-refractivity contribution < 1.29 is 42.9 Å². The van der Waals surface area contributed by atoms with E-state index >= 15 is 0 Å². The van der Waals surface area contributed by atoms with E-state index in [9.17, 15) is 9.13 Å². The van der Waals surface area contributed by atoms with Crippen LogP contribution >= 0.6 is 15.6 Å². The molecule has 0 bridgehead atoms. The van der Waals surface area contributed by atoms with Gasteiger partial charge in [-0.05, 0) is 24.3 Å². The van der Waals surface area contributed by atoms with Crippen LogP contribution in [0.3, 0.4) is 0 Å². The smallest absolute Gasteiger partial charge is 0.508 e. The third-order valence-electron chi connectivity index (χ3n) is 2.00. The van der Waals surface area contributed by atoms with Crippen LogP contribution in [-0.2, 0) is 13.4 Å². The monoisotopic (exact) mass is 364 g/mol. The second-order valence-electron chi connectivity index (χ2n) is 3.96. The number of phosphoric acid groups is 2. The Morgan fingerprint density at radius 2 is 1.30 bits per heavy atom. The molecule has 0 saturated carbocycles. The van der Waals surface area contributed by atoms with Gasteiger partial charge in [-0.25, -0.2) is 9.13 Å². The number of phenols is 2. The summed E-state index contributed by atoms with van der Waals surface area (Å²) in [4.78, 5) is 25.5. The van der Waals surface area contributed by atoms with E-state index in [1.54, 1.807) is 12.1 Å². The fourth-order valence-corrected chi connectivity index (χ4v) is 2.86. The van der Waals surface area contributed by atoms with Gasteiger partial charge in [0.25, 0.3) is 0 Å². The maximum absolute atomic E-state index is 11.0. The van der Waals surface area contributed by atoms with E-state index in [1.807, 2.05) is 0 Å². The molecule has 0 fully saturated rings. The highest BCUT2D eigenvalue weighted by Crippen LogP contribution is 2.57. The minimum absolute atomic E-state index is 0.0308. The largest absolute Gasteiger partial charge is 0.536 e. The van der Waals surface area contributed by atoms with Gasteiger partial charge < -0.3 is 24.5 Å². The summed E-state index contributed by atoms with van der Waals surface area (Å²) in [6, 6.07) is 13.2. The molecule has 0 spiro atoms. The van der Waals surface area contributed by atoms with E-state index in [4.69, 9.17) is 24.9 Å². The summed E-state index contributed by atoms with van der Waals surface area (Å²) in [7, 11) is -9.86. The van der Waals surface area contributed by atoms with Gasteiger partial charge in [-0.1, -0.05) is 24.3 Å². The van der Waals surface area contributed by atoms with Gasteiger partial charge in [-0.3, -0.25) is 4.89 Å². The van der Waals surface area contributed by atoms with Gasteiger partial charge in [-0.15, -0.1) is 0 Å². The molecule has 0 aliphatic rings. The molecule has 0 aliphatic carbocycles. The number of aromatic hydroxyl groups is 2. The first-order valence-electron chi connectivity index (χ1n) is 5.90. The lowest BCUT2D eigenvalue weighted by molar-refractivity contribution is 0.229. The molecule has 0 aromatic heterocycles. The summed E-state index contributed by atoms with van der Waals surface area (Å²) in [5.74, 6) is 0.145. The molecule has 9 nitrogen and oxygen atoms in total. The number of hydrogen-bond acceptors (Lipinski definition) is 6. The lowest BCUT2D eigenvalue weighted by atomic mass is 10.3. The van der Waals surface area contributed by atoms with E-state index in [-0.39, 0.29) is 17.2 Å². The van der Waals surface area contributed by atoms with E-state index in [2.05, 4.69) is 8.83 Å². The zero-order valence-corrected chi connectivity index (χ0v) is 13.2. The molecule has 2 aromatic rings. The van der Waals surface area contributed by atoms with Crippen molar-refractivity contribution in [3.8, 4) is 17.2 Å². The van der Waals surface area contributed by atoms with E-state index in [0.29, 0.717) is 0 Å². The van der Waals surface area contributed by atoms with Crippen molar-refractivity contribution in [3.63, 3.8) is 0 Å². The lowest BCUT2D eigenvalue weighted by Gasteiger charge is -2.12. The number of hydrogen-bond donors (Lipinski definition) is 5. The van der Waals surface area contributed by atoms with Crippen molar-refractivity contribution in [3.05, 3.63) is 54.6 Å². The third kappa shape index (κ3) is 9.00. The summed E-state index contributed by atoms with van der Waals surface area (Å²) in [5, 5.41) is 17.3. The van der Waals surface area contributed by atoms with Crippen LogP contribution in [0.4, 0.5) is 0 Å². The standard InChI is InChI=1S/C6H8O7P2.C6H6O2/c7-14(8,9)13-15(10,11)12-6-4-2-1-3-5-6;7-5-2-1-3-6(8)4-5/h1-5H,(H,10,11)(H2,7,8,9);1-4,7-8H. The van der Waals surface area contributed by atoms with Gasteiger partial charge >= 0.3 is 15.6 Å². The molecular formula is C12H14O9P2. The Kier molecular flexibility index (Phi) is 6.78. The Bertz CT molecular complexity index is 696.